The predicted molar refractivity (Wildman–Crippen MR) is 103 cm³/mol. The maximum atomic E-state index is 11.8. The fourth-order valence-electron chi connectivity index (χ4n) is 2.29. The summed E-state index contributed by atoms with van der Waals surface area (Å²) in [5, 5.41) is 6.25. The molecule has 2 rings (SSSR count). The van der Waals surface area contributed by atoms with Gasteiger partial charge in [0.05, 0.1) is 6.61 Å². The minimum absolute atomic E-state index is 0.0603. The number of benzene rings is 2. The van der Waals surface area contributed by atoms with Crippen LogP contribution in [0, 0.1) is 6.92 Å². The van der Waals surface area contributed by atoms with Crippen LogP contribution in [0.5, 0.6) is 5.75 Å². The van der Waals surface area contributed by atoms with E-state index < -0.39 is 0 Å². The third-order valence-corrected chi connectivity index (χ3v) is 4.14. The molecule has 0 aliphatic rings. The Morgan fingerprint density at radius 2 is 1.77 bits per heavy atom. The first kappa shape index (κ1) is 19.8. The average Bonchev–Trinajstić information content (AvgIpc) is 2.65. The molecule has 2 N–H and O–H groups in total. The largest absolute Gasteiger partial charge is 0.494 e. The van der Waals surface area contributed by atoms with E-state index in [1.165, 1.54) is 0 Å². The summed E-state index contributed by atoms with van der Waals surface area (Å²) in [4.78, 5) is 23.6. The number of carbonyl (C=O) groups excluding carboxylic acids is 2. The molecule has 138 valence electrons. The summed E-state index contributed by atoms with van der Waals surface area (Å²) in [5.41, 5.74) is 1.56. The van der Waals surface area contributed by atoms with Gasteiger partial charge in [0.2, 0.25) is 5.91 Å². The molecule has 0 aliphatic carbocycles. The van der Waals surface area contributed by atoms with Crippen LogP contribution in [-0.2, 0) is 4.79 Å². The molecule has 0 radical (unpaired) electrons. The molecule has 0 heterocycles. The molecule has 0 atom stereocenters. The minimum atomic E-state index is -0.147. The number of ether oxygens (including phenoxy) is 1. The van der Waals surface area contributed by atoms with Gasteiger partial charge < -0.3 is 15.4 Å². The summed E-state index contributed by atoms with van der Waals surface area (Å²) in [5.74, 6) is 0.539. The van der Waals surface area contributed by atoms with E-state index in [9.17, 15) is 9.59 Å². The second-order valence-corrected chi connectivity index (χ2v) is 6.24. The van der Waals surface area contributed by atoms with Crippen molar-refractivity contribution in [2.45, 2.75) is 19.8 Å². The Kier molecular flexibility index (Phi) is 7.96. The zero-order chi connectivity index (χ0) is 18.8. The molecule has 26 heavy (non-hydrogen) atoms. The average molecular weight is 375 g/mol. The van der Waals surface area contributed by atoms with Gasteiger partial charge in [-0.2, -0.15) is 0 Å². The summed E-state index contributed by atoms with van der Waals surface area (Å²) in [6.45, 7) is 3.16. The lowest BCUT2D eigenvalue weighted by Crippen LogP contribution is -2.34. The molecule has 0 saturated carbocycles. The van der Waals surface area contributed by atoms with Crippen LogP contribution in [0.4, 0.5) is 0 Å². The molecule has 0 bridgehead atoms. The van der Waals surface area contributed by atoms with E-state index >= 15 is 0 Å². The van der Waals surface area contributed by atoms with Gasteiger partial charge in [0, 0.05) is 30.1 Å². The summed E-state index contributed by atoms with van der Waals surface area (Å²) in [6, 6.07) is 14.4. The topological polar surface area (TPSA) is 67.4 Å². The Hall–Kier alpha value is -2.53. The molecule has 0 spiro atoms. The summed E-state index contributed by atoms with van der Waals surface area (Å²) in [7, 11) is 0. The molecular formula is C20H23ClN2O3. The molecule has 0 aliphatic heterocycles. The van der Waals surface area contributed by atoms with Crippen molar-refractivity contribution < 1.29 is 14.3 Å². The van der Waals surface area contributed by atoms with E-state index in [4.69, 9.17) is 16.3 Å². The number of amides is 2. The number of rotatable bonds is 9. The molecular weight excluding hydrogens is 352 g/mol. The van der Waals surface area contributed by atoms with E-state index in [0.29, 0.717) is 43.1 Å². The highest BCUT2D eigenvalue weighted by Crippen LogP contribution is 2.21. The van der Waals surface area contributed by atoms with Crippen molar-refractivity contribution in [2.75, 3.05) is 19.7 Å². The van der Waals surface area contributed by atoms with Gasteiger partial charge in [-0.25, -0.2) is 0 Å². The monoisotopic (exact) mass is 374 g/mol. The molecule has 2 aromatic carbocycles. The van der Waals surface area contributed by atoms with E-state index in [1.54, 1.807) is 18.2 Å². The van der Waals surface area contributed by atoms with Crippen molar-refractivity contribution >= 4 is 23.4 Å². The SMILES string of the molecule is Cc1cc(OCCCC(=O)NCCNC(=O)c2ccccc2)ccc1Cl. The smallest absolute Gasteiger partial charge is 0.251 e. The third kappa shape index (κ3) is 6.76. The van der Waals surface area contributed by atoms with Crippen LogP contribution in [0.25, 0.3) is 0 Å². The van der Waals surface area contributed by atoms with Crippen LogP contribution in [0.1, 0.15) is 28.8 Å². The first-order chi connectivity index (χ1) is 12.6. The second kappa shape index (κ2) is 10.5. The van der Waals surface area contributed by atoms with Gasteiger partial charge in [-0.05, 0) is 49.2 Å². The molecule has 0 saturated heterocycles. The fourth-order valence-corrected chi connectivity index (χ4v) is 2.41. The summed E-state index contributed by atoms with van der Waals surface area (Å²) in [6.07, 6.45) is 0.989. The lowest BCUT2D eigenvalue weighted by Gasteiger charge is -2.09. The number of carbonyl (C=O) groups is 2. The molecule has 2 aromatic rings. The summed E-state index contributed by atoms with van der Waals surface area (Å²) < 4.78 is 5.60. The van der Waals surface area contributed by atoms with Crippen LogP contribution < -0.4 is 15.4 Å². The van der Waals surface area contributed by atoms with Gasteiger partial charge in [0.15, 0.2) is 0 Å². The normalized spacial score (nSPS) is 10.2. The van der Waals surface area contributed by atoms with Crippen LogP contribution in [0.2, 0.25) is 5.02 Å². The highest BCUT2D eigenvalue weighted by molar-refractivity contribution is 6.31. The van der Waals surface area contributed by atoms with Crippen LogP contribution in [0.3, 0.4) is 0 Å². The lowest BCUT2D eigenvalue weighted by molar-refractivity contribution is -0.121. The van der Waals surface area contributed by atoms with Gasteiger partial charge in [-0.3, -0.25) is 9.59 Å². The van der Waals surface area contributed by atoms with Gasteiger partial charge in [0.25, 0.3) is 5.91 Å². The quantitative estimate of drug-likeness (QED) is 0.661. The van der Waals surface area contributed by atoms with Crippen molar-refractivity contribution in [3.8, 4) is 5.75 Å². The van der Waals surface area contributed by atoms with Crippen molar-refractivity contribution in [3.05, 3.63) is 64.7 Å². The highest BCUT2D eigenvalue weighted by atomic mass is 35.5. The Labute approximate surface area is 158 Å². The van der Waals surface area contributed by atoms with Gasteiger partial charge in [-0.1, -0.05) is 29.8 Å². The zero-order valence-electron chi connectivity index (χ0n) is 14.8. The molecule has 0 fully saturated rings. The zero-order valence-corrected chi connectivity index (χ0v) is 15.5. The molecule has 2 amide bonds. The first-order valence-electron chi connectivity index (χ1n) is 8.55. The molecule has 5 nitrogen and oxygen atoms in total. The minimum Gasteiger partial charge on any atom is -0.494 e. The van der Waals surface area contributed by atoms with Gasteiger partial charge in [-0.15, -0.1) is 0 Å². The fraction of sp³-hybridized carbons (Fsp3) is 0.300. The van der Waals surface area contributed by atoms with E-state index in [2.05, 4.69) is 10.6 Å². The third-order valence-electron chi connectivity index (χ3n) is 3.72. The van der Waals surface area contributed by atoms with Gasteiger partial charge in [0.1, 0.15) is 5.75 Å². The summed E-state index contributed by atoms with van der Waals surface area (Å²) >= 11 is 5.96. The number of halogens is 1. The number of hydrogen-bond donors (Lipinski definition) is 2. The second-order valence-electron chi connectivity index (χ2n) is 5.83. The van der Waals surface area contributed by atoms with Crippen LogP contribution >= 0.6 is 11.6 Å². The maximum Gasteiger partial charge on any atom is 0.251 e. The molecule has 0 unspecified atom stereocenters. The van der Waals surface area contributed by atoms with Crippen molar-refractivity contribution in [2.24, 2.45) is 0 Å². The molecule has 6 heteroatoms. The molecule has 0 aromatic heterocycles. The maximum absolute atomic E-state index is 11.8. The lowest BCUT2D eigenvalue weighted by atomic mass is 10.2. The van der Waals surface area contributed by atoms with Crippen molar-refractivity contribution in [1.82, 2.24) is 10.6 Å². The number of aryl methyl sites for hydroxylation is 1. The first-order valence-corrected chi connectivity index (χ1v) is 8.93. The Bertz CT molecular complexity index is 735. The number of hydrogen-bond acceptors (Lipinski definition) is 3. The van der Waals surface area contributed by atoms with E-state index in [-0.39, 0.29) is 11.8 Å². The standard InChI is InChI=1S/C20H23ClN2O3/c1-15-14-17(9-10-18(15)21)26-13-5-8-19(24)22-11-12-23-20(25)16-6-3-2-4-7-16/h2-4,6-7,9-10,14H,5,8,11-13H2,1H3,(H,22,24)(H,23,25). The van der Waals surface area contributed by atoms with E-state index in [1.807, 2.05) is 37.3 Å². The highest BCUT2D eigenvalue weighted by Gasteiger charge is 2.05. The predicted octanol–water partition coefficient (Wildman–Crippen LogP) is 3.35. The number of nitrogens with one attached hydrogen (secondary N) is 2. The van der Waals surface area contributed by atoms with Crippen LogP contribution in [0.15, 0.2) is 48.5 Å². The van der Waals surface area contributed by atoms with Crippen molar-refractivity contribution in [1.29, 1.82) is 0 Å². The van der Waals surface area contributed by atoms with Crippen molar-refractivity contribution in [3.63, 3.8) is 0 Å². The van der Waals surface area contributed by atoms with E-state index in [0.717, 1.165) is 11.3 Å². The van der Waals surface area contributed by atoms with Gasteiger partial charge >= 0.3 is 0 Å². The Morgan fingerprint density at radius 3 is 2.50 bits per heavy atom. The Morgan fingerprint density at radius 1 is 1.04 bits per heavy atom. The van der Waals surface area contributed by atoms with Crippen LogP contribution in [-0.4, -0.2) is 31.5 Å². The Balaban J connectivity index is 1.55.